The molecule has 3 heteroatoms. The molecule has 0 aromatic heterocycles. The van der Waals surface area contributed by atoms with E-state index >= 15 is 0 Å². The van der Waals surface area contributed by atoms with Crippen molar-refractivity contribution in [2.24, 2.45) is 17.8 Å². The van der Waals surface area contributed by atoms with Gasteiger partial charge in [-0.05, 0) is 56.5 Å². The van der Waals surface area contributed by atoms with Gasteiger partial charge in [-0.25, -0.2) is 0 Å². The molecule has 2 N–H and O–H groups in total. The molecule has 0 aromatic rings. The molecule has 3 nitrogen and oxygen atoms in total. The van der Waals surface area contributed by atoms with Crippen molar-refractivity contribution in [3.8, 4) is 0 Å². The van der Waals surface area contributed by atoms with Crippen LogP contribution in [0.15, 0.2) is 0 Å². The van der Waals surface area contributed by atoms with Gasteiger partial charge >= 0.3 is 0 Å². The lowest BCUT2D eigenvalue weighted by Gasteiger charge is -2.31. The van der Waals surface area contributed by atoms with Crippen LogP contribution in [0.1, 0.15) is 46.0 Å². The third-order valence-electron chi connectivity index (χ3n) is 4.27. The first-order chi connectivity index (χ1) is 8.15. The molecule has 1 unspecified atom stereocenters. The van der Waals surface area contributed by atoms with Gasteiger partial charge < -0.3 is 10.6 Å². The lowest BCUT2D eigenvalue weighted by Crippen LogP contribution is -2.40. The van der Waals surface area contributed by atoms with Crippen LogP contribution in [0.3, 0.4) is 0 Å². The molecule has 3 atom stereocenters. The summed E-state index contributed by atoms with van der Waals surface area (Å²) < 4.78 is 0. The van der Waals surface area contributed by atoms with Crippen molar-refractivity contribution in [3.05, 3.63) is 0 Å². The Labute approximate surface area is 105 Å². The molecular weight excluding hydrogens is 212 g/mol. The van der Waals surface area contributed by atoms with Crippen LogP contribution in [-0.4, -0.2) is 25.0 Å². The van der Waals surface area contributed by atoms with Crippen molar-refractivity contribution in [1.29, 1.82) is 0 Å². The molecule has 2 rings (SSSR count). The Morgan fingerprint density at radius 3 is 2.82 bits per heavy atom. The zero-order chi connectivity index (χ0) is 12.3. The monoisotopic (exact) mass is 238 g/mol. The molecule has 0 bridgehead atoms. The minimum absolute atomic E-state index is 0.258. The molecule has 1 amide bonds. The van der Waals surface area contributed by atoms with Gasteiger partial charge in [0.1, 0.15) is 0 Å². The molecule has 0 aromatic carbocycles. The Balaban J connectivity index is 1.70. The zero-order valence-corrected chi connectivity index (χ0v) is 11.2. The second-order valence-corrected chi connectivity index (χ2v) is 6.19. The summed E-state index contributed by atoms with van der Waals surface area (Å²) in [7, 11) is 0. The van der Waals surface area contributed by atoms with Gasteiger partial charge in [0.25, 0.3) is 0 Å². The maximum atomic E-state index is 11.8. The first-order valence-corrected chi connectivity index (χ1v) is 7.15. The number of carbonyl (C=O) groups is 1. The molecule has 0 spiro atoms. The van der Waals surface area contributed by atoms with Crippen LogP contribution in [0.4, 0.5) is 0 Å². The molecule has 2 fully saturated rings. The topological polar surface area (TPSA) is 41.1 Å². The highest BCUT2D eigenvalue weighted by atomic mass is 16.1. The first kappa shape index (κ1) is 12.9. The van der Waals surface area contributed by atoms with Gasteiger partial charge in [0.2, 0.25) is 5.91 Å². The van der Waals surface area contributed by atoms with Crippen LogP contribution in [0, 0.1) is 17.8 Å². The average molecular weight is 238 g/mol. The van der Waals surface area contributed by atoms with E-state index in [9.17, 15) is 4.79 Å². The normalized spacial score (nSPS) is 32.5. The Kier molecular flexibility index (Phi) is 4.43. The number of hydrogen-bond acceptors (Lipinski definition) is 2. The van der Waals surface area contributed by atoms with Crippen molar-refractivity contribution < 1.29 is 4.79 Å². The smallest absolute Gasteiger partial charge is 0.220 e. The van der Waals surface area contributed by atoms with Gasteiger partial charge in [-0.15, -0.1) is 0 Å². The van der Waals surface area contributed by atoms with E-state index in [1.165, 1.54) is 25.8 Å². The third kappa shape index (κ3) is 3.70. The van der Waals surface area contributed by atoms with Crippen molar-refractivity contribution in [2.75, 3.05) is 13.1 Å². The predicted octanol–water partition coefficient (Wildman–Crippen LogP) is 1.93. The van der Waals surface area contributed by atoms with Crippen LogP contribution < -0.4 is 10.6 Å². The summed E-state index contributed by atoms with van der Waals surface area (Å²) >= 11 is 0. The lowest BCUT2D eigenvalue weighted by atomic mass is 9.79. The molecule has 17 heavy (non-hydrogen) atoms. The summed E-state index contributed by atoms with van der Waals surface area (Å²) in [5.74, 6) is 2.56. The fourth-order valence-corrected chi connectivity index (χ4v) is 3.15. The second kappa shape index (κ2) is 5.85. The molecule has 1 aliphatic carbocycles. The predicted molar refractivity (Wildman–Crippen MR) is 69.7 cm³/mol. The van der Waals surface area contributed by atoms with Crippen molar-refractivity contribution in [1.82, 2.24) is 10.6 Å². The molecule has 1 heterocycles. The molecule has 1 aliphatic heterocycles. The van der Waals surface area contributed by atoms with E-state index in [0.717, 1.165) is 24.8 Å². The summed E-state index contributed by atoms with van der Waals surface area (Å²) in [5.41, 5.74) is 0. The Morgan fingerprint density at radius 2 is 2.06 bits per heavy atom. The summed E-state index contributed by atoms with van der Waals surface area (Å²) in [6, 6.07) is 0.441. The van der Waals surface area contributed by atoms with Crippen molar-refractivity contribution >= 4 is 5.91 Å². The molecule has 98 valence electrons. The number of hydrogen-bond donors (Lipinski definition) is 2. The minimum Gasteiger partial charge on any atom is -0.353 e. The van der Waals surface area contributed by atoms with Gasteiger partial charge in [-0.2, -0.15) is 0 Å². The van der Waals surface area contributed by atoms with Crippen LogP contribution in [-0.2, 0) is 4.79 Å². The number of carbonyl (C=O) groups excluding carboxylic acids is 1. The van der Waals surface area contributed by atoms with Crippen LogP contribution in [0.5, 0.6) is 0 Å². The maximum absolute atomic E-state index is 11.8. The molecular formula is C14H26N2O. The SMILES string of the molecule is CC(C)CCC(=O)NC1CC[C@@H]2CNC[C@@H]2C1. The third-order valence-corrected chi connectivity index (χ3v) is 4.27. The van der Waals surface area contributed by atoms with Gasteiger partial charge in [0.15, 0.2) is 0 Å². The van der Waals surface area contributed by atoms with Crippen molar-refractivity contribution in [2.45, 2.75) is 52.0 Å². The van der Waals surface area contributed by atoms with E-state index in [4.69, 9.17) is 0 Å². The Morgan fingerprint density at radius 1 is 1.29 bits per heavy atom. The lowest BCUT2D eigenvalue weighted by molar-refractivity contribution is -0.122. The Bertz CT molecular complexity index is 265. The highest BCUT2D eigenvalue weighted by molar-refractivity contribution is 5.76. The summed E-state index contributed by atoms with van der Waals surface area (Å²) in [6.07, 6.45) is 5.35. The summed E-state index contributed by atoms with van der Waals surface area (Å²) in [4.78, 5) is 11.8. The maximum Gasteiger partial charge on any atom is 0.220 e. The molecule has 0 radical (unpaired) electrons. The first-order valence-electron chi connectivity index (χ1n) is 7.15. The van der Waals surface area contributed by atoms with E-state index in [0.29, 0.717) is 18.4 Å². The molecule has 1 saturated carbocycles. The van der Waals surface area contributed by atoms with Gasteiger partial charge in [-0.3, -0.25) is 4.79 Å². The van der Waals surface area contributed by atoms with E-state index in [1.807, 2.05) is 0 Å². The largest absolute Gasteiger partial charge is 0.353 e. The van der Waals surface area contributed by atoms with E-state index in [-0.39, 0.29) is 5.91 Å². The summed E-state index contributed by atoms with van der Waals surface area (Å²) in [5, 5.41) is 6.69. The number of rotatable bonds is 4. The van der Waals surface area contributed by atoms with Crippen LogP contribution >= 0.6 is 0 Å². The second-order valence-electron chi connectivity index (χ2n) is 6.19. The summed E-state index contributed by atoms with van der Waals surface area (Å²) in [6.45, 7) is 6.69. The zero-order valence-electron chi connectivity index (χ0n) is 11.2. The highest BCUT2D eigenvalue weighted by Gasteiger charge is 2.34. The minimum atomic E-state index is 0.258. The van der Waals surface area contributed by atoms with Crippen LogP contribution in [0.2, 0.25) is 0 Å². The molecule has 1 saturated heterocycles. The van der Waals surface area contributed by atoms with Gasteiger partial charge in [-0.1, -0.05) is 13.8 Å². The van der Waals surface area contributed by atoms with E-state index in [1.54, 1.807) is 0 Å². The molecule has 2 aliphatic rings. The van der Waals surface area contributed by atoms with Gasteiger partial charge in [0.05, 0.1) is 0 Å². The fraction of sp³-hybridized carbons (Fsp3) is 0.929. The number of fused-ring (bicyclic) bond motifs is 1. The van der Waals surface area contributed by atoms with Crippen molar-refractivity contribution in [3.63, 3.8) is 0 Å². The number of amides is 1. The highest BCUT2D eigenvalue weighted by Crippen LogP contribution is 2.32. The average Bonchev–Trinajstić information content (AvgIpc) is 2.73. The fourth-order valence-electron chi connectivity index (χ4n) is 3.15. The standard InChI is InChI=1S/C14H26N2O/c1-10(2)3-6-14(17)16-13-5-4-11-8-15-9-12(11)7-13/h10-13,15H,3-9H2,1-2H3,(H,16,17)/t11-,12+,13?/m1/s1. The number of nitrogens with one attached hydrogen (secondary N) is 2. The van der Waals surface area contributed by atoms with Gasteiger partial charge in [0, 0.05) is 12.5 Å². The quantitative estimate of drug-likeness (QED) is 0.786. The Hall–Kier alpha value is -0.570. The van der Waals surface area contributed by atoms with Crippen LogP contribution in [0.25, 0.3) is 0 Å². The van der Waals surface area contributed by atoms with E-state index in [2.05, 4.69) is 24.5 Å². The van der Waals surface area contributed by atoms with E-state index < -0.39 is 0 Å².